The van der Waals surface area contributed by atoms with E-state index in [2.05, 4.69) is 0 Å². The second kappa shape index (κ2) is 5.12. The summed E-state index contributed by atoms with van der Waals surface area (Å²) in [7, 11) is 2.83. The molecule has 0 aromatic carbocycles. The third-order valence-electron chi connectivity index (χ3n) is 2.59. The Balaban J connectivity index is 2.88. The smallest absolute Gasteiger partial charge is 0.278 e. The molecule has 0 spiro atoms. The number of Topliss-reactive ketones (excluding diaryl/α,β-unsaturated/α-hetero) is 1. The van der Waals surface area contributed by atoms with Crippen LogP contribution in [0.5, 0.6) is 0 Å². The van der Waals surface area contributed by atoms with E-state index < -0.39 is 23.9 Å². The largest absolute Gasteiger partial charge is 0.336 e. The molecule has 0 aliphatic carbocycles. The normalized spacial score (nSPS) is 26.9. The zero-order chi connectivity index (χ0) is 13.2. The lowest BCUT2D eigenvalue weighted by atomic mass is 10.1. The maximum atomic E-state index is 11.9. The van der Waals surface area contributed by atoms with E-state index in [1.165, 1.54) is 14.2 Å². The number of hydrogen-bond acceptors (Lipinski definition) is 5. The zero-order valence-electron chi connectivity index (χ0n) is 10.9. The van der Waals surface area contributed by atoms with Crippen LogP contribution in [0.2, 0.25) is 0 Å². The standard InChI is InChI=1S/C11H19NO5/c1-6-7(13)8-9(10(14)12(4)15-5)17-11(2,3)16-8/h8-9H,6H2,1-5H3/t8-,9+/m0/s1. The molecule has 0 aromatic heterocycles. The topological polar surface area (TPSA) is 65.1 Å². The summed E-state index contributed by atoms with van der Waals surface area (Å²) >= 11 is 0. The highest BCUT2D eigenvalue weighted by atomic mass is 16.8. The van der Waals surface area contributed by atoms with Gasteiger partial charge in [0.15, 0.2) is 23.8 Å². The summed E-state index contributed by atoms with van der Waals surface area (Å²) < 4.78 is 10.9. The fraction of sp³-hybridized carbons (Fsp3) is 0.818. The van der Waals surface area contributed by atoms with Gasteiger partial charge in [0, 0.05) is 13.5 Å². The van der Waals surface area contributed by atoms with Crippen LogP contribution in [0.25, 0.3) is 0 Å². The van der Waals surface area contributed by atoms with Crippen LogP contribution >= 0.6 is 0 Å². The molecule has 0 bridgehead atoms. The van der Waals surface area contributed by atoms with Crippen molar-refractivity contribution >= 4 is 11.7 Å². The summed E-state index contributed by atoms with van der Waals surface area (Å²) in [4.78, 5) is 28.4. The van der Waals surface area contributed by atoms with Gasteiger partial charge >= 0.3 is 0 Å². The van der Waals surface area contributed by atoms with Crippen LogP contribution in [0, 0.1) is 0 Å². The first kappa shape index (κ1) is 14.1. The van der Waals surface area contributed by atoms with Crippen LogP contribution in [0.1, 0.15) is 27.2 Å². The van der Waals surface area contributed by atoms with E-state index >= 15 is 0 Å². The van der Waals surface area contributed by atoms with Crippen molar-refractivity contribution < 1.29 is 23.9 Å². The van der Waals surface area contributed by atoms with Crippen LogP contribution in [0.4, 0.5) is 0 Å². The molecule has 1 heterocycles. The van der Waals surface area contributed by atoms with Gasteiger partial charge in [-0.15, -0.1) is 0 Å². The molecular weight excluding hydrogens is 226 g/mol. The Morgan fingerprint density at radius 1 is 1.29 bits per heavy atom. The Hall–Kier alpha value is -0.980. The van der Waals surface area contributed by atoms with E-state index in [1.54, 1.807) is 20.8 Å². The molecule has 6 heteroatoms. The number of ether oxygens (including phenoxy) is 2. The van der Waals surface area contributed by atoms with E-state index in [9.17, 15) is 9.59 Å². The molecule has 1 aliphatic rings. The molecule has 6 nitrogen and oxygen atoms in total. The molecule has 0 unspecified atom stereocenters. The maximum Gasteiger partial charge on any atom is 0.278 e. The molecule has 1 saturated heterocycles. The summed E-state index contributed by atoms with van der Waals surface area (Å²) in [6, 6.07) is 0. The first-order chi connectivity index (χ1) is 7.82. The summed E-state index contributed by atoms with van der Waals surface area (Å²) in [6.45, 7) is 5.06. The van der Waals surface area contributed by atoms with Crippen LogP contribution in [0.15, 0.2) is 0 Å². The highest BCUT2D eigenvalue weighted by Crippen LogP contribution is 2.30. The lowest BCUT2D eigenvalue weighted by Crippen LogP contribution is -2.44. The van der Waals surface area contributed by atoms with E-state index in [-0.39, 0.29) is 5.78 Å². The lowest BCUT2D eigenvalue weighted by Gasteiger charge is -2.20. The van der Waals surface area contributed by atoms with E-state index in [4.69, 9.17) is 14.3 Å². The van der Waals surface area contributed by atoms with Gasteiger partial charge in [-0.25, -0.2) is 5.06 Å². The van der Waals surface area contributed by atoms with E-state index in [1.807, 2.05) is 0 Å². The number of carbonyl (C=O) groups excluding carboxylic acids is 2. The summed E-state index contributed by atoms with van der Waals surface area (Å²) in [6.07, 6.45) is -1.51. The molecule has 17 heavy (non-hydrogen) atoms. The molecular formula is C11H19NO5. The van der Waals surface area contributed by atoms with Crippen molar-refractivity contribution in [2.24, 2.45) is 0 Å². The first-order valence-electron chi connectivity index (χ1n) is 5.52. The Morgan fingerprint density at radius 3 is 2.29 bits per heavy atom. The Kier molecular flexibility index (Phi) is 4.24. The third-order valence-corrected chi connectivity index (χ3v) is 2.59. The number of ketones is 1. The van der Waals surface area contributed by atoms with Gasteiger partial charge in [-0.05, 0) is 13.8 Å². The molecule has 1 aliphatic heterocycles. The molecule has 1 fully saturated rings. The first-order valence-corrected chi connectivity index (χ1v) is 5.52. The fourth-order valence-corrected chi connectivity index (χ4v) is 1.65. The second-order valence-corrected chi connectivity index (χ2v) is 4.31. The van der Waals surface area contributed by atoms with Gasteiger partial charge in [-0.2, -0.15) is 0 Å². The van der Waals surface area contributed by atoms with Crippen molar-refractivity contribution in [2.75, 3.05) is 14.2 Å². The van der Waals surface area contributed by atoms with Gasteiger partial charge in [0.2, 0.25) is 0 Å². The number of amides is 1. The molecule has 0 radical (unpaired) electrons. The van der Waals surface area contributed by atoms with Gasteiger partial charge in [0.05, 0.1) is 7.11 Å². The van der Waals surface area contributed by atoms with Crippen LogP contribution in [-0.4, -0.2) is 48.9 Å². The maximum absolute atomic E-state index is 11.9. The number of hydroxylamine groups is 2. The van der Waals surface area contributed by atoms with E-state index in [0.717, 1.165) is 5.06 Å². The van der Waals surface area contributed by atoms with Gasteiger partial charge in [0.1, 0.15) is 0 Å². The molecule has 2 atom stereocenters. The van der Waals surface area contributed by atoms with Gasteiger partial charge in [0.25, 0.3) is 5.91 Å². The molecule has 98 valence electrons. The highest BCUT2D eigenvalue weighted by Gasteiger charge is 2.49. The van der Waals surface area contributed by atoms with Gasteiger partial charge < -0.3 is 9.47 Å². The van der Waals surface area contributed by atoms with Crippen LogP contribution < -0.4 is 0 Å². The SMILES string of the molecule is CCC(=O)[C@@H]1OC(C)(C)O[C@H]1C(=O)N(C)OC. The minimum atomic E-state index is -0.942. The Labute approximate surface area is 101 Å². The molecule has 0 N–H and O–H groups in total. The number of nitrogens with zero attached hydrogens (tertiary/aromatic N) is 1. The van der Waals surface area contributed by atoms with Crippen molar-refractivity contribution in [2.45, 2.75) is 45.2 Å². The monoisotopic (exact) mass is 245 g/mol. The number of rotatable bonds is 4. The number of hydrogen-bond donors (Lipinski definition) is 0. The van der Waals surface area contributed by atoms with Crippen molar-refractivity contribution in [1.82, 2.24) is 5.06 Å². The van der Waals surface area contributed by atoms with Gasteiger partial charge in [-0.3, -0.25) is 14.4 Å². The zero-order valence-corrected chi connectivity index (χ0v) is 10.9. The fourth-order valence-electron chi connectivity index (χ4n) is 1.65. The van der Waals surface area contributed by atoms with Crippen LogP contribution in [0.3, 0.4) is 0 Å². The van der Waals surface area contributed by atoms with Crippen molar-refractivity contribution in [3.05, 3.63) is 0 Å². The summed E-state index contributed by atoms with van der Waals surface area (Å²) in [5.41, 5.74) is 0. The van der Waals surface area contributed by atoms with E-state index in [0.29, 0.717) is 6.42 Å². The minimum absolute atomic E-state index is 0.154. The molecule has 0 aromatic rings. The lowest BCUT2D eigenvalue weighted by molar-refractivity contribution is -0.187. The number of likely N-dealkylation sites (N-methyl/N-ethyl adjacent to an activating group) is 1. The predicted octanol–water partition coefficient (Wildman–Crippen LogP) is 0.505. The quantitative estimate of drug-likeness (QED) is 0.675. The van der Waals surface area contributed by atoms with Gasteiger partial charge in [-0.1, -0.05) is 6.92 Å². The second-order valence-electron chi connectivity index (χ2n) is 4.31. The Morgan fingerprint density at radius 2 is 1.82 bits per heavy atom. The highest BCUT2D eigenvalue weighted by molar-refractivity contribution is 5.92. The molecule has 1 amide bonds. The average molecular weight is 245 g/mol. The summed E-state index contributed by atoms with van der Waals surface area (Å²) in [5, 5.41) is 1.03. The third kappa shape index (κ3) is 3.02. The van der Waals surface area contributed by atoms with Crippen molar-refractivity contribution in [3.63, 3.8) is 0 Å². The van der Waals surface area contributed by atoms with Crippen molar-refractivity contribution in [3.8, 4) is 0 Å². The summed E-state index contributed by atoms with van der Waals surface area (Å²) in [5.74, 6) is -1.52. The minimum Gasteiger partial charge on any atom is -0.336 e. The molecule has 0 saturated carbocycles. The number of carbonyl (C=O) groups is 2. The average Bonchev–Trinajstić information content (AvgIpc) is 2.62. The molecule has 1 rings (SSSR count). The van der Waals surface area contributed by atoms with Crippen LogP contribution in [-0.2, 0) is 23.9 Å². The van der Waals surface area contributed by atoms with Crippen molar-refractivity contribution in [1.29, 1.82) is 0 Å². The predicted molar refractivity (Wildman–Crippen MR) is 58.9 cm³/mol. The Bertz CT molecular complexity index is 315.